The molecular weight excluding hydrogens is 242 g/mol. The van der Waals surface area contributed by atoms with Crippen LogP contribution in [0.3, 0.4) is 0 Å². The smallest absolute Gasteiger partial charge is 0.239 e. The maximum atomic E-state index is 12.0. The van der Waals surface area contributed by atoms with E-state index in [2.05, 4.69) is 24.5 Å². The van der Waals surface area contributed by atoms with Gasteiger partial charge in [0.1, 0.15) is 0 Å². The van der Waals surface area contributed by atoms with Crippen LogP contribution in [0.4, 0.5) is 0 Å². The molecule has 110 valence electrons. The lowest BCUT2D eigenvalue weighted by Crippen LogP contribution is -2.48. The Morgan fingerprint density at radius 2 is 1.68 bits per heavy atom. The van der Waals surface area contributed by atoms with Crippen LogP contribution in [0.1, 0.15) is 40.5 Å². The summed E-state index contributed by atoms with van der Waals surface area (Å²) in [7, 11) is 0. The molecule has 2 amide bonds. The van der Waals surface area contributed by atoms with E-state index >= 15 is 0 Å². The van der Waals surface area contributed by atoms with Gasteiger partial charge in [0.25, 0.3) is 0 Å². The molecule has 0 aromatic carbocycles. The van der Waals surface area contributed by atoms with Gasteiger partial charge in [-0.15, -0.1) is 0 Å². The zero-order valence-electron chi connectivity index (χ0n) is 12.5. The predicted octanol–water partition coefficient (Wildman–Crippen LogP) is 0.748. The van der Waals surface area contributed by atoms with E-state index in [0.717, 1.165) is 25.9 Å². The lowest BCUT2D eigenvalue weighted by Gasteiger charge is -2.22. The summed E-state index contributed by atoms with van der Waals surface area (Å²) in [5.74, 6) is 0.456. The number of likely N-dealkylation sites (tertiary alicyclic amines) is 1. The minimum Gasteiger partial charge on any atom is -0.352 e. The lowest BCUT2D eigenvalue weighted by atomic mass is 10.1. The van der Waals surface area contributed by atoms with E-state index in [9.17, 15) is 9.59 Å². The summed E-state index contributed by atoms with van der Waals surface area (Å²) in [6, 6.07) is -0.142. The Kier molecular flexibility index (Phi) is 6.28. The monoisotopic (exact) mass is 269 g/mol. The molecule has 5 nitrogen and oxygen atoms in total. The Morgan fingerprint density at radius 1 is 1.11 bits per heavy atom. The fourth-order valence-corrected chi connectivity index (χ4v) is 2.02. The van der Waals surface area contributed by atoms with Crippen LogP contribution in [0.25, 0.3) is 0 Å². The molecule has 1 heterocycles. The van der Waals surface area contributed by atoms with Crippen molar-refractivity contribution in [1.29, 1.82) is 0 Å². The van der Waals surface area contributed by atoms with Gasteiger partial charge in [-0.2, -0.15) is 0 Å². The van der Waals surface area contributed by atoms with Crippen molar-refractivity contribution in [3.8, 4) is 0 Å². The van der Waals surface area contributed by atoms with Crippen LogP contribution in [0, 0.1) is 5.92 Å². The number of rotatable bonds is 6. The van der Waals surface area contributed by atoms with Gasteiger partial charge < -0.3 is 10.2 Å². The molecule has 0 radical (unpaired) electrons. The number of hydrogen-bond donors (Lipinski definition) is 2. The summed E-state index contributed by atoms with van der Waals surface area (Å²) < 4.78 is 0. The molecule has 1 fully saturated rings. The predicted molar refractivity (Wildman–Crippen MR) is 75.7 cm³/mol. The Morgan fingerprint density at radius 3 is 2.21 bits per heavy atom. The minimum absolute atomic E-state index is 0.0535. The average molecular weight is 269 g/mol. The first-order valence-corrected chi connectivity index (χ1v) is 7.23. The van der Waals surface area contributed by atoms with E-state index in [1.165, 1.54) is 0 Å². The highest BCUT2D eigenvalue weighted by atomic mass is 16.2. The van der Waals surface area contributed by atoms with E-state index < -0.39 is 0 Å². The van der Waals surface area contributed by atoms with Gasteiger partial charge in [0.05, 0.1) is 12.6 Å². The SMILES string of the molecule is CC(NCC(=O)NC(C)C(C)C)C(=O)N1CCCC1. The summed E-state index contributed by atoms with van der Waals surface area (Å²) in [6.07, 6.45) is 2.18. The third-order valence-electron chi connectivity index (χ3n) is 3.75. The number of amides is 2. The molecule has 2 atom stereocenters. The number of nitrogens with zero attached hydrogens (tertiary/aromatic N) is 1. The van der Waals surface area contributed by atoms with E-state index in [1.54, 1.807) is 0 Å². The molecule has 1 aliphatic heterocycles. The van der Waals surface area contributed by atoms with Crippen molar-refractivity contribution < 1.29 is 9.59 Å². The van der Waals surface area contributed by atoms with Crippen molar-refractivity contribution in [3.05, 3.63) is 0 Å². The normalized spacial score (nSPS) is 18.5. The van der Waals surface area contributed by atoms with Gasteiger partial charge in [-0.1, -0.05) is 13.8 Å². The van der Waals surface area contributed by atoms with Gasteiger partial charge in [0, 0.05) is 19.1 Å². The van der Waals surface area contributed by atoms with Crippen LogP contribution >= 0.6 is 0 Å². The fourth-order valence-electron chi connectivity index (χ4n) is 2.02. The molecule has 0 saturated carbocycles. The highest BCUT2D eigenvalue weighted by Gasteiger charge is 2.23. The molecule has 2 N–H and O–H groups in total. The number of carbonyl (C=O) groups excluding carboxylic acids is 2. The first-order chi connectivity index (χ1) is 8.91. The summed E-state index contributed by atoms with van der Waals surface area (Å²) >= 11 is 0. The standard InChI is InChI=1S/C14H27N3O2/c1-10(2)11(3)16-13(18)9-15-12(4)14(19)17-7-5-6-8-17/h10-12,15H,5-9H2,1-4H3,(H,16,18). The third kappa shape index (κ3) is 5.19. The maximum Gasteiger partial charge on any atom is 0.239 e. The Hall–Kier alpha value is -1.10. The molecule has 1 saturated heterocycles. The summed E-state index contributed by atoms with van der Waals surface area (Å²) in [5, 5.41) is 5.92. The van der Waals surface area contributed by atoms with Gasteiger partial charge in [0.2, 0.25) is 11.8 Å². The lowest BCUT2D eigenvalue weighted by molar-refractivity contribution is -0.132. The molecular formula is C14H27N3O2. The first kappa shape index (κ1) is 16.0. The van der Waals surface area contributed by atoms with Crippen LogP contribution in [0.2, 0.25) is 0 Å². The molecule has 0 aromatic rings. The van der Waals surface area contributed by atoms with Crippen molar-refractivity contribution in [1.82, 2.24) is 15.5 Å². The van der Waals surface area contributed by atoms with Crippen molar-refractivity contribution in [2.24, 2.45) is 5.92 Å². The molecule has 0 spiro atoms. The average Bonchev–Trinajstić information content (AvgIpc) is 2.88. The van der Waals surface area contributed by atoms with E-state index in [4.69, 9.17) is 0 Å². The van der Waals surface area contributed by atoms with Crippen molar-refractivity contribution >= 4 is 11.8 Å². The zero-order chi connectivity index (χ0) is 14.4. The van der Waals surface area contributed by atoms with Crippen LogP contribution < -0.4 is 10.6 Å². The summed E-state index contributed by atoms with van der Waals surface area (Å²) in [4.78, 5) is 25.6. The maximum absolute atomic E-state index is 12.0. The number of carbonyl (C=O) groups is 2. The molecule has 19 heavy (non-hydrogen) atoms. The topological polar surface area (TPSA) is 61.4 Å². The Labute approximate surface area is 116 Å². The van der Waals surface area contributed by atoms with Crippen LogP contribution in [0.15, 0.2) is 0 Å². The van der Waals surface area contributed by atoms with E-state index in [-0.39, 0.29) is 30.4 Å². The second kappa shape index (κ2) is 7.48. The second-order valence-electron chi connectivity index (χ2n) is 5.74. The van der Waals surface area contributed by atoms with E-state index in [1.807, 2.05) is 18.7 Å². The van der Waals surface area contributed by atoms with E-state index in [0.29, 0.717) is 5.92 Å². The molecule has 0 aromatic heterocycles. The molecule has 1 aliphatic rings. The first-order valence-electron chi connectivity index (χ1n) is 7.23. The number of hydrogen-bond acceptors (Lipinski definition) is 3. The van der Waals surface area contributed by atoms with Crippen LogP contribution in [-0.2, 0) is 9.59 Å². The molecule has 0 aliphatic carbocycles. The summed E-state index contributed by atoms with van der Waals surface area (Å²) in [5.41, 5.74) is 0. The number of nitrogens with one attached hydrogen (secondary N) is 2. The van der Waals surface area contributed by atoms with Crippen molar-refractivity contribution in [3.63, 3.8) is 0 Å². The highest BCUT2D eigenvalue weighted by molar-refractivity contribution is 5.83. The molecule has 2 unspecified atom stereocenters. The highest BCUT2D eigenvalue weighted by Crippen LogP contribution is 2.08. The van der Waals surface area contributed by atoms with Crippen LogP contribution in [0.5, 0.6) is 0 Å². The zero-order valence-corrected chi connectivity index (χ0v) is 12.5. The van der Waals surface area contributed by atoms with Gasteiger partial charge in [-0.25, -0.2) is 0 Å². The van der Waals surface area contributed by atoms with Gasteiger partial charge in [-0.3, -0.25) is 14.9 Å². The molecule has 1 rings (SSSR count). The third-order valence-corrected chi connectivity index (χ3v) is 3.75. The van der Waals surface area contributed by atoms with Crippen molar-refractivity contribution in [2.45, 2.75) is 52.6 Å². The molecule has 5 heteroatoms. The summed E-state index contributed by atoms with van der Waals surface area (Å²) in [6.45, 7) is 9.83. The van der Waals surface area contributed by atoms with Crippen molar-refractivity contribution in [2.75, 3.05) is 19.6 Å². The second-order valence-corrected chi connectivity index (χ2v) is 5.74. The van der Waals surface area contributed by atoms with Gasteiger partial charge in [0.15, 0.2) is 0 Å². The van der Waals surface area contributed by atoms with Gasteiger partial charge in [-0.05, 0) is 32.6 Å². The largest absolute Gasteiger partial charge is 0.352 e. The van der Waals surface area contributed by atoms with Crippen LogP contribution in [-0.4, -0.2) is 48.4 Å². The Bertz CT molecular complexity index is 312. The quantitative estimate of drug-likeness (QED) is 0.748. The van der Waals surface area contributed by atoms with Gasteiger partial charge >= 0.3 is 0 Å². The Balaban J connectivity index is 2.27. The molecule has 0 bridgehead atoms. The fraction of sp³-hybridized carbons (Fsp3) is 0.857. The minimum atomic E-state index is -0.293.